The summed E-state index contributed by atoms with van der Waals surface area (Å²) >= 11 is 7.21. The Morgan fingerprint density at radius 3 is 2.61 bits per heavy atom. The number of aryl methyl sites for hydroxylation is 2. The van der Waals surface area contributed by atoms with E-state index in [-0.39, 0.29) is 0 Å². The highest BCUT2D eigenvalue weighted by Crippen LogP contribution is 2.31. The molecule has 3 rings (SSSR count). The minimum atomic E-state index is 0.678. The summed E-state index contributed by atoms with van der Waals surface area (Å²) in [5.74, 6) is 0. The fourth-order valence-electron chi connectivity index (χ4n) is 3.06. The molecule has 0 unspecified atom stereocenters. The Balaban J connectivity index is 1.40. The van der Waals surface area contributed by atoms with Crippen molar-refractivity contribution < 1.29 is 4.74 Å². The Morgan fingerprint density at radius 2 is 1.86 bits per heavy atom. The number of hydrogen-bond acceptors (Lipinski definition) is 4. The molecule has 0 aromatic heterocycles. The molecule has 0 bridgehead atoms. The zero-order valence-electron chi connectivity index (χ0n) is 16.7. The highest BCUT2D eigenvalue weighted by atomic mass is 32.2. The Hall–Kier alpha value is -1.60. The zero-order chi connectivity index (χ0) is 19.8. The number of morpholine rings is 1. The monoisotopic (exact) mass is 415 g/mol. The number of ether oxygens (including phenoxy) is 1. The molecule has 28 heavy (non-hydrogen) atoms. The number of benzene rings is 2. The lowest BCUT2D eigenvalue weighted by Gasteiger charge is -2.26. The molecule has 1 aliphatic heterocycles. The molecule has 2 aromatic carbocycles. The summed E-state index contributed by atoms with van der Waals surface area (Å²) in [7, 11) is 0. The van der Waals surface area contributed by atoms with Crippen molar-refractivity contribution in [3.8, 4) is 0 Å². The van der Waals surface area contributed by atoms with Crippen LogP contribution in [-0.4, -0.2) is 49.4 Å². The molecule has 0 atom stereocenters. The van der Waals surface area contributed by atoms with Gasteiger partial charge in [0.15, 0.2) is 5.11 Å². The Labute approximate surface area is 178 Å². The van der Waals surface area contributed by atoms with Crippen LogP contribution in [0.1, 0.15) is 17.5 Å². The van der Waals surface area contributed by atoms with Crippen molar-refractivity contribution in [2.45, 2.75) is 30.1 Å². The normalized spacial score (nSPS) is 14.6. The van der Waals surface area contributed by atoms with Crippen LogP contribution in [-0.2, 0) is 4.74 Å². The summed E-state index contributed by atoms with van der Waals surface area (Å²) in [6.07, 6.45) is 1.08. The van der Waals surface area contributed by atoms with Crippen LogP contribution < -0.4 is 10.6 Å². The molecule has 0 aliphatic carbocycles. The predicted octanol–water partition coefficient (Wildman–Crippen LogP) is 4.46. The van der Waals surface area contributed by atoms with Gasteiger partial charge in [0.1, 0.15) is 0 Å². The van der Waals surface area contributed by atoms with E-state index in [0.717, 1.165) is 51.5 Å². The van der Waals surface area contributed by atoms with Gasteiger partial charge in [0.05, 0.1) is 13.2 Å². The molecular formula is C22H29N3OS2. The second-order valence-corrected chi connectivity index (χ2v) is 8.61. The van der Waals surface area contributed by atoms with Crippen molar-refractivity contribution in [2.75, 3.05) is 44.7 Å². The SMILES string of the molecule is Cc1ccc(C)c(Sc2ccc(NC(=S)NCCCN3CCOCC3)cc2)c1. The minimum absolute atomic E-state index is 0.678. The molecule has 0 spiro atoms. The number of anilines is 1. The van der Waals surface area contributed by atoms with E-state index in [1.54, 1.807) is 11.8 Å². The topological polar surface area (TPSA) is 36.5 Å². The van der Waals surface area contributed by atoms with E-state index in [9.17, 15) is 0 Å². The number of rotatable bonds is 7. The lowest BCUT2D eigenvalue weighted by Crippen LogP contribution is -2.38. The maximum atomic E-state index is 5.41. The minimum Gasteiger partial charge on any atom is -0.379 e. The first kappa shape index (κ1) is 21.1. The van der Waals surface area contributed by atoms with Gasteiger partial charge in [-0.1, -0.05) is 23.9 Å². The zero-order valence-corrected chi connectivity index (χ0v) is 18.3. The van der Waals surface area contributed by atoms with Gasteiger partial charge in [-0.05, 0) is 80.5 Å². The number of hydrogen-bond donors (Lipinski definition) is 2. The molecule has 2 N–H and O–H groups in total. The van der Waals surface area contributed by atoms with Crippen molar-refractivity contribution in [3.63, 3.8) is 0 Å². The predicted molar refractivity (Wildman–Crippen MR) is 123 cm³/mol. The van der Waals surface area contributed by atoms with E-state index in [0.29, 0.717) is 5.11 Å². The highest BCUT2D eigenvalue weighted by Gasteiger charge is 2.09. The van der Waals surface area contributed by atoms with Gasteiger partial charge < -0.3 is 15.4 Å². The van der Waals surface area contributed by atoms with Crippen LogP contribution in [0.3, 0.4) is 0 Å². The van der Waals surface area contributed by atoms with Crippen LogP contribution in [0.25, 0.3) is 0 Å². The van der Waals surface area contributed by atoms with Crippen LogP contribution in [0.15, 0.2) is 52.3 Å². The molecule has 6 heteroatoms. The van der Waals surface area contributed by atoms with Crippen molar-refractivity contribution in [2.24, 2.45) is 0 Å². The lowest BCUT2D eigenvalue weighted by molar-refractivity contribution is 0.0376. The van der Waals surface area contributed by atoms with Crippen molar-refractivity contribution >= 4 is 34.8 Å². The van der Waals surface area contributed by atoms with Gasteiger partial charge in [-0.2, -0.15) is 0 Å². The third-order valence-corrected chi connectivity index (χ3v) is 6.14. The Bertz CT molecular complexity index is 774. The highest BCUT2D eigenvalue weighted by molar-refractivity contribution is 7.99. The Kier molecular flexibility index (Phi) is 8.15. The quantitative estimate of drug-likeness (QED) is 0.514. The average Bonchev–Trinajstić information content (AvgIpc) is 2.70. The molecule has 4 nitrogen and oxygen atoms in total. The fourth-order valence-corrected chi connectivity index (χ4v) is 4.28. The summed E-state index contributed by atoms with van der Waals surface area (Å²) in [6, 6.07) is 15.0. The summed E-state index contributed by atoms with van der Waals surface area (Å²) in [5, 5.41) is 7.24. The van der Waals surface area contributed by atoms with Crippen molar-refractivity contribution in [1.29, 1.82) is 0 Å². The van der Waals surface area contributed by atoms with Crippen LogP contribution in [0.5, 0.6) is 0 Å². The molecule has 2 aromatic rings. The van der Waals surface area contributed by atoms with Crippen LogP contribution in [0, 0.1) is 13.8 Å². The molecule has 1 aliphatic rings. The summed E-state index contributed by atoms with van der Waals surface area (Å²) in [4.78, 5) is 4.97. The largest absolute Gasteiger partial charge is 0.379 e. The Morgan fingerprint density at radius 1 is 1.11 bits per heavy atom. The first-order valence-corrected chi connectivity index (χ1v) is 11.0. The van der Waals surface area contributed by atoms with Crippen molar-refractivity contribution in [1.82, 2.24) is 10.2 Å². The van der Waals surface area contributed by atoms with Crippen LogP contribution >= 0.6 is 24.0 Å². The molecule has 1 heterocycles. The summed E-state index contributed by atoms with van der Waals surface area (Å²) in [5.41, 5.74) is 3.60. The van der Waals surface area contributed by atoms with Gasteiger partial charge in [0.25, 0.3) is 0 Å². The van der Waals surface area contributed by atoms with E-state index in [2.05, 4.69) is 71.8 Å². The average molecular weight is 416 g/mol. The maximum Gasteiger partial charge on any atom is 0.170 e. The third kappa shape index (κ3) is 6.78. The second-order valence-electron chi connectivity index (χ2n) is 7.08. The van der Waals surface area contributed by atoms with Crippen LogP contribution in [0.4, 0.5) is 5.69 Å². The van der Waals surface area contributed by atoms with Crippen LogP contribution in [0.2, 0.25) is 0 Å². The fraction of sp³-hybridized carbons (Fsp3) is 0.409. The van der Waals surface area contributed by atoms with Gasteiger partial charge in [-0.25, -0.2) is 0 Å². The summed E-state index contributed by atoms with van der Waals surface area (Å²) < 4.78 is 5.37. The first-order chi connectivity index (χ1) is 13.6. The molecule has 0 saturated carbocycles. The molecule has 0 amide bonds. The van der Waals surface area contributed by atoms with Gasteiger partial charge in [0.2, 0.25) is 0 Å². The van der Waals surface area contributed by atoms with Gasteiger partial charge >= 0.3 is 0 Å². The summed E-state index contributed by atoms with van der Waals surface area (Å²) in [6.45, 7) is 10.0. The number of thiocarbonyl (C=S) groups is 1. The molecule has 1 fully saturated rings. The molecule has 1 saturated heterocycles. The second kappa shape index (κ2) is 10.8. The van der Waals surface area contributed by atoms with Gasteiger partial charge in [0, 0.05) is 35.1 Å². The van der Waals surface area contributed by atoms with Gasteiger partial charge in [-0.3, -0.25) is 4.90 Å². The van der Waals surface area contributed by atoms with Gasteiger partial charge in [-0.15, -0.1) is 0 Å². The molecular weight excluding hydrogens is 386 g/mol. The maximum absolute atomic E-state index is 5.41. The van der Waals surface area contributed by atoms with Crippen molar-refractivity contribution in [3.05, 3.63) is 53.6 Å². The number of nitrogens with zero attached hydrogens (tertiary/aromatic N) is 1. The standard InChI is InChI=1S/C22H29N3OS2/c1-17-4-5-18(2)21(16-17)28-20-8-6-19(7-9-20)24-22(27)23-10-3-11-25-12-14-26-15-13-25/h4-9,16H,3,10-15H2,1-2H3,(H2,23,24,27). The smallest absolute Gasteiger partial charge is 0.170 e. The van der Waals surface area contributed by atoms with E-state index < -0.39 is 0 Å². The molecule has 150 valence electrons. The number of nitrogens with one attached hydrogen (secondary N) is 2. The lowest BCUT2D eigenvalue weighted by atomic mass is 10.2. The van der Waals surface area contributed by atoms with E-state index in [1.165, 1.54) is 20.9 Å². The third-order valence-electron chi connectivity index (χ3n) is 4.72. The van der Waals surface area contributed by atoms with E-state index in [4.69, 9.17) is 17.0 Å². The first-order valence-electron chi connectivity index (χ1n) is 9.80. The van der Waals surface area contributed by atoms with E-state index >= 15 is 0 Å². The van der Waals surface area contributed by atoms with E-state index in [1.807, 2.05) is 0 Å². The molecule has 0 radical (unpaired) electrons.